The van der Waals surface area contributed by atoms with E-state index < -0.39 is 0 Å². The monoisotopic (exact) mass is 266 g/mol. The summed E-state index contributed by atoms with van der Waals surface area (Å²) in [6, 6.07) is 6.62. The highest BCUT2D eigenvalue weighted by molar-refractivity contribution is 9.09. The zero-order valence-electron chi connectivity index (χ0n) is 8.71. The summed E-state index contributed by atoms with van der Waals surface area (Å²) in [4.78, 5) is 0.646. The molecule has 1 aromatic carbocycles. The van der Waals surface area contributed by atoms with E-state index in [1.165, 1.54) is 36.1 Å². The minimum Gasteiger partial charge on any atom is -0.493 e. The highest BCUT2D eigenvalue weighted by Crippen LogP contribution is 2.44. The largest absolute Gasteiger partial charge is 0.493 e. The lowest BCUT2D eigenvalue weighted by Crippen LogP contribution is -2.05. The molecule has 1 fully saturated rings. The molecule has 3 rings (SSSR count). The predicted octanol–water partition coefficient (Wildman–Crippen LogP) is 3.65. The highest BCUT2D eigenvalue weighted by Gasteiger charge is 2.30. The van der Waals surface area contributed by atoms with Crippen LogP contribution in [0.25, 0.3) is 0 Å². The number of halogens is 1. The Morgan fingerprint density at radius 3 is 3.00 bits per heavy atom. The maximum atomic E-state index is 5.77. The molecule has 0 N–H and O–H groups in total. The lowest BCUT2D eigenvalue weighted by Gasteiger charge is -2.17. The number of benzene rings is 1. The van der Waals surface area contributed by atoms with Gasteiger partial charge in [0.15, 0.2) is 0 Å². The van der Waals surface area contributed by atoms with Gasteiger partial charge in [-0.25, -0.2) is 0 Å². The van der Waals surface area contributed by atoms with Crippen LogP contribution in [0.2, 0.25) is 0 Å². The first-order valence-corrected chi connectivity index (χ1v) is 6.66. The van der Waals surface area contributed by atoms with E-state index in [9.17, 15) is 0 Å². The van der Waals surface area contributed by atoms with Gasteiger partial charge in [-0.3, -0.25) is 0 Å². The molecule has 0 radical (unpaired) electrons. The molecule has 0 spiro atoms. The molecule has 0 amide bonds. The molecule has 1 saturated carbocycles. The van der Waals surface area contributed by atoms with E-state index in [2.05, 4.69) is 34.1 Å². The van der Waals surface area contributed by atoms with Crippen molar-refractivity contribution >= 4 is 15.9 Å². The fourth-order valence-corrected chi connectivity index (χ4v) is 3.67. The van der Waals surface area contributed by atoms with Crippen molar-refractivity contribution in [1.29, 1.82) is 0 Å². The smallest absolute Gasteiger partial charge is 0.126 e. The minimum atomic E-state index is 0.646. The van der Waals surface area contributed by atoms with Gasteiger partial charge in [-0.05, 0) is 24.0 Å². The summed E-state index contributed by atoms with van der Waals surface area (Å²) in [6.45, 7) is 0.867. The lowest BCUT2D eigenvalue weighted by atomic mass is 9.94. The number of para-hydroxylation sites is 1. The Morgan fingerprint density at radius 1 is 1.27 bits per heavy atom. The second kappa shape index (κ2) is 3.82. The third kappa shape index (κ3) is 1.59. The van der Waals surface area contributed by atoms with E-state index in [-0.39, 0.29) is 0 Å². The van der Waals surface area contributed by atoms with Gasteiger partial charge in [-0.2, -0.15) is 0 Å². The van der Waals surface area contributed by atoms with Crippen molar-refractivity contribution in [2.75, 3.05) is 6.61 Å². The van der Waals surface area contributed by atoms with E-state index in [4.69, 9.17) is 4.74 Å². The molecule has 0 saturated heterocycles. The van der Waals surface area contributed by atoms with Crippen LogP contribution in [0.3, 0.4) is 0 Å². The van der Waals surface area contributed by atoms with E-state index in [1.54, 1.807) is 0 Å². The van der Waals surface area contributed by atoms with Gasteiger partial charge < -0.3 is 4.74 Å². The van der Waals surface area contributed by atoms with Gasteiger partial charge in [-0.1, -0.05) is 40.5 Å². The number of fused-ring (bicyclic) bond motifs is 1. The first-order valence-electron chi connectivity index (χ1n) is 5.75. The number of hydrogen-bond donors (Lipinski definition) is 0. The normalized spacial score (nSPS) is 28.9. The molecule has 0 bridgehead atoms. The molecule has 15 heavy (non-hydrogen) atoms. The molecule has 2 unspecified atom stereocenters. The predicted molar refractivity (Wildman–Crippen MR) is 64.9 cm³/mol. The average molecular weight is 267 g/mol. The Bertz CT molecular complexity index is 375. The lowest BCUT2D eigenvalue weighted by molar-refractivity contribution is 0.351. The summed E-state index contributed by atoms with van der Waals surface area (Å²) < 4.78 is 5.77. The van der Waals surface area contributed by atoms with Gasteiger partial charge in [-0.15, -0.1) is 0 Å². The second-order valence-electron chi connectivity index (χ2n) is 4.49. The summed E-state index contributed by atoms with van der Waals surface area (Å²) in [6.07, 6.45) is 5.02. The molecule has 2 atom stereocenters. The summed E-state index contributed by atoms with van der Waals surface area (Å²) in [5.74, 6) is 1.85. The van der Waals surface area contributed by atoms with Crippen molar-refractivity contribution < 1.29 is 4.74 Å². The fourth-order valence-electron chi connectivity index (χ4n) is 2.80. The van der Waals surface area contributed by atoms with Gasteiger partial charge in [0.05, 0.1) is 6.61 Å². The fraction of sp³-hybridized carbons (Fsp3) is 0.538. The van der Waals surface area contributed by atoms with Gasteiger partial charge in [0.1, 0.15) is 5.75 Å². The van der Waals surface area contributed by atoms with Gasteiger partial charge >= 0.3 is 0 Å². The molecule has 1 aromatic rings. The summed E-state index contributed by atoms with van der Waals surface area (Å²) in [5, 5.41) is 0. The molecular formula is C13H15BrO. The third-order valence-electron chi connectivity index (χ3n) is 3.58. The standard InChI is InChI=1S/C13H15BrO/c14-12-6-2-4-10(12)11-5-1-3-9-7-8-15-13(9)11/h1,3,5,10,12H,2,4,6-8H2. The molecular weight excluding hydrogens is 252 g/mol. The Morgan fingerprint density at radius 2 is 2.20 bits per heavy atom. The van der Waals surface area contributed by atoms with Crippen molar-refractivity contribution in [2.45, 2.75) is 36.4 Å². The molecule has 2 heteroatoms. The van der Waals surface area contributed by atoms with Crippen molar-refractivity contribution in [3.8, 4) is 5.75 Å². The molecule has 0 aromatic heterocycles. The summed E-state index contributed by atoms with van der Waals surface area (Å²) in [5.41, 5.74) is 2.84. The summed E-state index contributed by atoms with van der Waals surface area (Å²) >= 11 is 3.79. The minimum absolute atomic E-state index is 0.646. The number of alkyl halides is 1. The highest BCUT2D eigenvalue weighted by atomic mass is 79.9. The van der Waals surface area contributed by atoms with Crippen LogP contribution in [0.1, 0.15) is 36.3 Å². The van der Waals surface area contributed by atoms with Crippen molar-refractivity contribution in [3.05, 3.63) is 29.3 Å². The first kappa shape index (κ1) is 9.71. The van der Waals surface area contributed by atoms with Gasteiger partial charge in [0.25, 0.3) is 0 Å². The molecule has 1 aliphatic carbocycles. The van der Waals surface area contributed by atoms with Crippen molar-refractivity contribution in [1.82, 2.24) is 0 Å². The Hall–Kier alpha value is -0.500. The second-order valence-corrected chi connectivity index (χ2v) is 5.66. The number of ether oxygens (including phenoxy) is 1. The topological polar surface area (TPSA) is 9.23 Å². The molecule has 1 heterocycles. The van der Waals surface area contributed by atoms with Crippen LogP contribution in [0, 0.1) is 0 Å². The van der Waals surface area contributed by atoms with Crippen LogP contribution < -0.4 is 4.74 Å². The van der Waals surface area contributed by atoms with Gasteiger partial charge in [0, 0.05) is 17.2 Å². The Balaban J connectivity index is 2.01. The first-order chi connectivity index (χ1) is 7.36. The molecule has 80 valence electrons. The zero-order chi connectivity index (χ0) is 10.3. The molecule has 2 aliphatic rings. The van der Waals surface area contributed by atoms with E-state index in [0.29, 0.717) is 10.7 Å². The van der Waals surface area contributed by atoms with Crippen molar-refractivity contribution in [3.63, 3.8) is 0 Å². The van der Waals surface area contributed by atoms with Crippen LogP contribution in [0.5, 0.6) is 5.75 Å². The quantitative estimate of drug-likeness (QED) is 0.706. The molecule has 1 aliphatic heterocycles. The van der Waals surface area contributed by atoms with Crippen LogP contribution in [-0.2, 0) is 6.42 Å². The summed E-state index contributed by atoms with van der Waals surface area (Å²) in [7, 11) is 0. The van der Waals surface area contributed by atoms with Crippen LogP contribution in [-0.4, -0.2) is 11.4 Å². The maximum Gasteiger partial charge on any atom is 0.126 e. The van der Waals surface area contributed by atoms with E-state index >= 15 is 0 Å². The number of hydrogen-bond acceptors (Lipinski definition) is 1. The van der Waals surface area contributed by atoms with Crippen LogP contribution in [0.4, 0.5) is 0 Å². The van der Waals surface area contributed by atoms with Crippen LogP contribution >= 0.6 is 15.9 Å². The number of rotatable bonds is 1. The van der Waals surface area contributed by atoms with E-state index in [1.807, 2.05) is 0 Å². The molecule has 1 nitrogen and oxygen atoms in total. The average Bonchev–Trinajstić information content (AvgIpc) is 2.85. The van der Waals surface area contributed by atoms with Gasteiger partial charge in [0.2, 0.25) is 0 Å². The Labute approximate surface area is 99.0 Å². The van der Waals surface area contributed by atoms with E-state index in [0.717, 1.165) is 13.0 Å². The Kier molecular flexibility index (Phi) is 2.47. The van der Waals surface area contributed by atoms with Crippen LogP contribution in [0.15, 0.2) is 18.2 Å². The zero-order valence-corrected chi connectivity index (χ0v) is 10.3. The van der Waals surface area contributed by atoms with Crippen molar-refractivity contribution in [2.24, 2.45) is 0 Å². The SMILES string of the molecule is BrC1CCCC1c1cccc2c1OCC2. The third-order valence-corrected chi connectivity index (χ3v) is 4.67. The maximum absolute atomic E-state index is 5.77.